The highest BCUT2D eigenvalue weighted by molar-refractivity contribution is 6.30. The molecular weight excluding hydrogens is 430 g/mol. The van der Waals surface area contributed by atoms with Gasteiger partial charge >= 0.3 is 0 Å². The van der Waals surface area contributed by atoms with Crippen molar-refractivity contribution in [2.75, 3.05) is 45.2 Å². The lowest BCUT2D eigenvalue weighted by molar-refractivity contribution is -0.114. The Bertz CT molecular complexity index is 847. The van der Waals surface area contributed by atoms with Crippen LogP contribution in [0.3, 0.4) is 0 Å². The molecule has 1 atom stereocenters. The van der Waals surface area contributed by atoms with Gasteiger partial charge in [0.15, 0.2) is 0 Å². The lowest BCUT2D eigenvalue weighted by Gasteiger charge is -2.26. The molecule has 0 aromatic heterocycles. The maximum Gasteiger partial charge on any atom is 0.221 e. The van der Waals surface area contributed by atoms with E-state index in [4.69, 9.17) is 16.3 Å². The molecule has 0 saturated carbocycles. The summed E-state index contributed by atoms with van der Waals surface area (Å²) in [5.41, 5.74) is 1.71. The van der Waals surface area contributed by atoms with Gasteiger partial charge in [0.05, 0.1) is 5.69 Å². The quantitative estimate of drug-likeness (QED) is 0.421. The molecule has 1 amide bonds. The van der Waals surface area contributed by atoms with Crippen LogP contribution in [0.25, 0.3) is 0 Å². The second-order valence-electron chi connectivity index (χ2n) is 7.76. The predicted molar refractivity (Wildman–Crippen MR) is 127 cm³/mol. The number of amides is 1. The van der Waals surface area contributed by atoms with Crippen LogP contribution in [-0.2, 0) is 16.1 Å². The van der Waals surface area contributed by atoms with Crippen LogP contribution in [0.5, 0.6) is 5.75 Å². The number of halogens is 1. The number of hydrogen-bond donors (Lipinski definition) is 2. The first-order valence-electron chi connectivity index (χ1n) is 10.6. The van der Waals surface area contributed by atoms with Crippen LogP contribution in [-0.4, -0.2) is 73.0 Å². The lowest BCUT2D eigenvalue weighted by Crippen LogP contribution is -2.38. The van der Waals surface area contributed by atoms with Crippen molar-refractivity contribution in [2.24, 2.45) is 0 Å². The third-order valence-corrected chi connectivity index (χ3v) is 5.08. The normalized spacial score (nSPS) is 12.1. The summed E-state index contributed by atoms with van der Waals surface area (Å²) in [6.07, 6.45) is 0.713. The number of ether oxygens (including phenoxy) is 1. The van der Waals surface area contributed by atoms with Crippen molar-refractivity contribution in [3.05, 3.63) is 59.1 Å². The Labute approximate surface area is 194 Å². The SMILES string of the molecule is CC(=O)Nc1ccccc1OCC(O)CN(C)CCN(CCC=O)Cc1ccc(Cl)cc1. The standard InChI is InChI=1S/C24H32ClN3O4/c1-19(30)26-23-6-3-4-7-24(23)32-18-22(31)17-27(2)13-14-28(12-5-15-29)16-20-8-10-21(25)11-9-20/h3-4,6-11,15,22,31H,5,12-14,16-18H2,1-2H3,(H,26,30). The number of anilines is 1. The average Bonchev–Trinajstić information content (AvgIpc) is 2.76. The van der Waals surface area contributed by atoms with Gasteiger partial charge in [-0.05, 0) is 36.9 Å². The number of hydrogen-bond acceptors (Lipinski definition) is 6. The number of carbonyl (C=O) groups is 2. The Morgan fingerprint density at radius 2 is 1.88 bits per heavy atom. The van der Waals surface area contributed by atoms with E-state index in [2.05, 4.69) is 10.2 Å². The molecule has 0 aliphatic rings. The van der Waals surface area contributed by atoms with E-state index >= 15 is 0 Å². The van der Waals surface area contributed by atoms with Gasteiger partial charge in [0.1, 0.15) is 24.7 Å². The maximum atomic E-state index is 11.3. The van der Waals surface area contributed by atoms with Crippen LogP contribution >= 0.6 is 11.6 Å². The van der Waals surface area contributed by atoms with E-state index in [0.29, 0.717) is 36.0 Å². The Hall–Kier alpha value is -2.45. The van der Waals surface area contributed by atoms with Gasteiger partial charge in [-0.25, -0.2) is 0 Å². The van der Waals surface area contributed by atoms with Crippen molar-refractivity contribution in [3.8, 4) is 5.75 Å². The molecule has 1 unspecified atom stereocenters. The van der Waals surface area contributed by atoms with Crippen molar-refractivity contribution in [1.82, 2.24) is 9.80 Å². The Morgan fingerprint density at radius 3 is 2.56 bits per heavy atom. The predicted octanol–water partition coefficient (Wildman–Crippen LogP) is 3.06. The van der Waals surface area contributed by atoms with Gasteiger partial charge in [0.25, 0.3) is 0 Å². The fraction of sp³-hybridized carbons (Fsp3) is 0.417. The Morgan fingerprint density at radius 1 is 1.16 bits per heavy atom. The van der Waals surface area contributed by atoms with E-state index in [0.717, 1.165) is 31.5 Å². The van der Waals surface area contributed by atoms with E-state index in [1.54, 1.807) is 12.1 Å². The monoisotopic (exact) mass is 461 g/mol. The van der Waals surface area contributed by atoms with E-state index in [1.165, 1.54) is 6.92 Å². The van der Waals surface area contributed by atoms with Crippen molar-refractivity contribution < 1.29 is 19.4 Å². The number of para-hydroxylation sites is 2. The van der Waals surface area contributed by atoms with Crippen LogP contribution < -0.4 is 10.1 Å². The van der Waals surface area contributed by atoms with Crippen molar-refractivity contribution in [1.29, 1.82) is 0 Å². The minimum absolute atomic E-state index is 0.112. The third-order valence-electron chi connectivity index (χ3n) is 4.83. The number of nitrogens with one attached hydrogen (secondary N) is 1. The molecule has 2 N–H and O–H groups in total. The number of carbonyl (C=O) groups excluding carboxylic acids is 2. The van der Waals surface area contributed by atoms with Crippen LogP contribution in [0.1, 0.15) is 18.9 Å². The molecule has 7 nitrogen and oxygen atoms in total. The summed E-state index contributed by atoms with van der Waals surface area (Å²) in [4.78, 5) is 26.4. The molecule has 2 aromatic rings. The number of rotatable bonds is 14. The maximum absolute atomic E-state index is 11.3. The molecule has 0 radical (unpaired) electrons. The zero-order chi connectivity index (χ0) is 23.3. The van der Waals surface area contributed by atoms with Crippen LogP contribution in [0.15, 0.2) is 48.5 Å². The number of aliphatic hydroxyl groups is 1. The summed E-state index contributed by atoms with van der Waals surface area (Å²) in [6.45, 7) is 4.87. The van der Waals surface area contributed by atoms with Gasteiger partial charge in [0.2, 0.25) is 5.91 Å². The zero-order valence-electron chi connectivity index (χ0n) is 18.7. The molecule has 0 aliphatic heterocycles. The summed E-state index contributed by atoms with van der Waals surface area (Å²) in [6, 6.07) is 14.8. The smallest absolute Gasteiger partial charge is 0.221 e. The van der Waals surface area contributed by atoms with Gasteiger partial charge < -0.3 is 24.9 Å². The first-order valence-corrected chi connectivity index (χ1v) is 11.0. The molecule has 0 heterocycles. The first-order chi connectivity index (χ1) is 15.4. The molecule has 2 aromatic carbocycles. The first kappa shape index (κ1) is 25.8. The van der Waals surface area contributed by atoms with E-state index < -0.39 is 6.10 Å². The average molecular weight is 462 g/mol. The number of aliphatic hydroxyl groups excluding tert-OH is 1. The van der Waals surface area contributed by atoms with Gasteiger partial charge in [-0.15, -0.1) is 0 Å². The Kier molecular flexibility index (Phi) is 11.2. The molecule has 32 heavy (non-hydrogen) atoms. The lowest BCUT2D eigenvalue weighted by atomic mass is 10.2. The number of nitrogens with zero attached hydrogens (tertiary/aromatic N) is 2. The summed E-state index contributed by atoms with van der Waals surface area (Å²) in [5, 5.41) is 13.8. The topological polar surface area (TPSA) is 82.1 Å². The summed E-state index contributed by atoms with van der Waals surface area (Å²) in [5.74, 6) is 0.339. The van der Waals surface area contributed by atoms with Crippen molar-refractivity contribution in [3.63, 3.8) is 0 Å². The van der Waals surface area contributed by atoms with Crippen LogP contribution in [0, 0.1) is 0 Å². The minimum Gasteiger partial charge on any atom is -0.489 e. The van der Waals surface area contributed by atoms with Gasteiger partial charge in [-0.1, -0.05) is 35.9 Å². The number of aldehydes is 1. The third kappa shape index (κ3) is 9.78. The summed E-state index contributed by atoms with van der Waals surface area (Å²) >= 11 is 5.96. The fourth-order valence-electron chi connectivity index (χ4n) is 3.24. The number of benzene rings is 2. The summed E-state index contributed by atoms with van der Waals surface area (Å²) in [7, 11) is 1.94. The van der Waals surface area contributed by atoms with Crippen LogP contribution in [0.4, 0.5) is 5.69 Å². The van der Waals surface area contributed by atoms with Gasteiger partial charge in [-0.3, -0.25) is 9.69 Å². The second kappa shape index (κ2) is 13.9. The van der Waals surface area contributed by atoms with Gasteiger partial charge in [-0.2, -0.15) is 0 Å². The highest BCUT2D eigenvalue weighted by Crippen LogP contribution is 2.23. The van der Waals surface area contributed by atoms with Crippen LogP contribution in [0.2, 0.25) is 5.02 Å². The Balaban J connectivity index is 1.80. The van der Waals surface area contributed by atoms with E-state index in [-0.39, 0.29) is 12.5 Å². The molecule has 0 aliphatic carbocycles. The molecule has 0 bridgehead atoms. The largest absolute Gasteiger partial charge is 0.489 e. The van der Waals surface area contributed by atoms with E-state index in [1.807, 2.05) is 48.3 Å². The molecular formula is C24H32ClN3O4. The highest BCUT2D eigenvalue weighted by atomic mass is 35.5. The summed E-state index contributed by atoms with van der Waals surface area (Å²) < 4.78 is 5.72. The van der Waals surface area contributed by atoms with Crippen molar-refractivity contribution in [2.45, 2.75) is 26.0 Å². The number of likely N-dealkylation sites (N-methyl/N-ethyl adjacent to an activating group) is 1. The zero-order valence-corrected chi connectivity index (χ0v) is 19.4. The molecule has 8 heteroatoms. The molecule has 0 fully saturated rings. The molecule has 174 valence electrons. The molecule has 0 saturated heterocycles. The second-order valence-corrected chi connectivity index (χ2v) is 8.20. The molecule has 2 rings (SSSR count). The van der Waals surface area contributed by atoms with Crippen molar-refractivity contribution >= 4 is 29.5 Å². The highest BCUT2D eigenvalue weighted by Gasteiger charge is 2.13. The molecule has 0 spiro atoms. The minimum atomic E-state index is -0.690. The van der Waals surface area contributed by atoms with E-state index in [9.17, 15) is 14.7 Å². The fourth-order valence-corrected chi connectivity index (χ4v) is 3.37. The van der Waals surface area contributed by atoms with Gasteiger partial charge in [0, 0.05) is 51.1 Å².